The first kappa shape index (κ1) is 61.9. The van der Waals surface area contributed by atoms with Crippen molar-refractivity contribution in [3.8, 4) is 17.2 Å². The summed E-state index contributed by atoms with van der Waals surface area (Å²) in [7, 11) is 2.74. The van der Waals surface area contributed by atoms with Gasteiger partial charge in [0.05, 0.1) is 78.4 Å². The molecule has 9 atom stereocenters. The Balaban J connectivity index is 0.880. The van der Waals surface area contributed by atoms with Gasteiger partial charge in [-0.15, -0.1) is 0 Å². The first-order chi connectivity index (χ1) is 41.3. The van der Waals surface area contributed by atoms with Crippen molar-refractivity contribution in [1.82, 2.24) is 24.6 Å². The van der Waals surface area contributed by atoms with E-state index < -0.39 is 134 Å². The number of rotatable bonds is 8. The van der Waals surface area contributed by atoms with Crippen LogP contribution in [0.4, 0.5) is 14.9 Å². The molecule has 3 aromatic rings. The van der Waals surface area contributed by atoms with E-state index in [1.165, 1.54) is 64.3 Å². The highest BCUT2D eigenvalue weighted by atomic mass is 19.1. The van der Waals surface area contributed by atoms with E-state index in [1.807, 2.05) is 0 Å². The number of fused-ring (bicyclic) bond motifs is 15. The average molecular weight is 1210 g/mol. The molecule has 25 heteroatoms. The Bertz CT molecular complexity index is 3550. The smallest absolute Gasteiger partial charge is 0.410 e. The van der Waals surface area contributed by atoms with Gasteiger partial charge in [-0.1, -0.05) is 45.9 Å². The minimum atomic E-state index is -2.19. The number of aromatic nitrogens is 1. The number of phenols is 1. The summed E-state index contributed by atoms with van der Waals surface area (Å²) in [4.78, 5) is 118. The Labute approximate surface area is 500 Å². The molecule has 2 aromatic carbocycles. The number of anilines is 1. The number of halogens is 1. The maximum absolute atomic E-state index is 16.1. The number of allylic oxidation sites excluding steroid dienone is 4. The van der Waals surface area contributed by atoms with Crippen molar-refractivity contribution in [2.75, 3.05) is 84.7 Å². The molecular weight excluding hydrogens is 1140 g/mol. The Morgan fingerprint density at radius 3 is 2.14 bits per heavy atom. The highest BCUT2D eigenvalue weighted by molar-refractivity contribution is 6.32. The lowest BCUT2D eigenvalue weighted by Crippen LogP contribution is -2.60. The number of morpholine rings is 1. The number of aromatic hydroxyl groups is 1. The number of ether oxygens (including phenoxy) is 6. The number of hydrogen-bond donors (Lipinski definition) is 5. The molecule has 5 bridgehead atoms. The number of piperazine rings is 1. The number of likely N-dealkylation sites (tertiary alicyclic amines) is 1. The number of phenolic OH excluding ortho intramolecular Hbond substituents is 1. The Hall–Kier alpha value is -8.13. The number of carboxylic acid groups (broad SMARTS) is 1. The lowest BCUT2D eigenvalue weighted by molar-refractivity contribution is -0.141. The summed E-state index contributed by atoms with van der Waals surface area (Å²) in [5.41, 5.74) is -2.74. The van der Waals surface area contributed by atoms with Crippen molar-refractivity contribution in [2.24, 2.45) is 29.6 Å². The third-order valence-corrected chi connectivity index (χ3v) is 18.2. The summed E-state index contributed by atoms with van der Waals surface area (Å²) >= 11 is 0. The molecule has 1 aromatic heterocycles. The van der Waals surface area contributed by atoms with Gasteiger partial charge in [0.25, 0.3) is 11.7 Å². The van der Waals surface area contributed by atoms with Crippen LogP contribution in [0.1, 0.15) is 107 Å². The Kier molecular flexibility index (Phi) is 17.2. The van der Waals surface area contributed by atoms with Gasteiger partial charge in [-0.25, -0.2) is 14.0 Å². The van der Waals surface area contributed by atoms with Crippen molar-refractivity contribution in [3.05, 3.63) is 104 Å². The van der Waals surface area contributed by atoms with Crippen LogP contribution in [0.2, 0.25) is 0 Å². The van der Waals surface area contributed by atoms with Crippen LogP contribution in [0.25, 0.3) is 10.9 Å². The van der Waals surface area contributed by atoms with Gasteiger partial charge >= 0.3 is 17.8 Å². The molecule has 466 valence electrons. The maximum Gasteiger partial charge on any atom is 0.410 e. The molecule has 0 radical (unpaired) electrons. The Morgan fingerprint density at radius 2 is 1.51 bits per heavy atom. The van der Waals surface area contributed by atoms with Crippen LogP contribution in [-0.4, -0.2) is 191 Å². The van der Waals surface area contributed by atoms with Crippen LogP contribution in [0, 0.1) is 42.3 Å². The van der Waals surface area contributed by atoms with Crippen LogP contribution in [0.15, 0.2) is 64.6 Å². The van der Waals surface area contributed by atoms with E-state index in [9.17, 15) is 58.8 Å². The predicted octanol–water partition coefficient (Wildman–Crippen LogP) is 4.64. The lowest BCUT2D eigenvalue weighted by atomic mass is 9.78. The third kappa shape index (κ3) is 11.1. The van der Waals surface area contributed by atoms with Gasteiger partial charge in [0.2, 0.25) is 22.9 Å². The van der Waals surface area contributed by atoms with E-state index in [0.717, 1.165) is 25.2 Å². The molecule has 4 fully saturated rings. The fraction of sp³-hybridized carbons (Fsp3) is 0.516. The summed E-state index contributed by atoms with van der Waals surface area (Å²) in [6.07, 6.45) is 4.47. The standard InChI is InChI=1S/C62H73FN6O18/c1-29-11-10-12-30(2)58(77)64-44-47(66-20-23-84-24-21-66)53(75)41-42(52(44)74)50(72)34(6)55-43(41)57(76)62(7,87-55)85-22-15-40(82-8)31(3)54(33(5)49(71)32(4)48(29)70)86-61(81)68-26-35(27-68)59(78)67-18-16-65(17-19-67)46-39(63)25-37-45(56(46)83-9)69(36-13-14-36)28-38(51(37)73)60(79)80/h10-12,15,22,25,28-29,31-33,35-36,40,48-49,54,70-72H,13-14,16-21,23-24,26-27H2,1-9H3,(H,64,77)(H,79,80)/t29-,31+,32+,33+,40-,48-,49+,54+,62-/m0/s1. The summed E-state index contributed by atoms with van der Waals surface area (Å²) in [6, 6.07) is 0.952. The number of aliphatic hydroxyl groups excluding tert-OH is 2. The number of methoxy groups -OCH3 is 2. The molecule has 7 heterocycles. The lowest BCUT2D eigenvalue weighted by Gasteiger charge is -2.44. The molecule has 0 unspecified atom stereocenters. The second kappa shape index (κ2) is 24.2. The molecule has 3 amide bonds. The number of carboxylic acids is 1. The fourth-order valence-electron chi connectivity index (χ4n) is 12.7. The summed E-state index contributed by atoms with van der Waals surface area (Å²) in [5, 5.41) is 47.8. The third-order valence-electron chi connectivity index (χ3n) is 18.2. The van der Waals surface area contributed by atoms with Crippen molar-refractivity contribution in [1.29, 1.82) is 0 Å². The minimum absolute atomic E-state index is 0.0166. The van der Waals surface area contributed by atoms with Crippen molar-refractivity contribution in [3.63, 3.8) is 0 Å². The van der Waals surface area contributed by atoms with Gasteiger partial charge in [0.1, 0.15) is 40.2 Å². The molecule has 5 N–H and O–H groups in total. The van der Waals surface area contributed by atoms with Crippen LogP contribution in [0.3, 0.4) is 0 Å². The van der Waals surface area contributed by atoms with E-state index in [2.05, 4.69) is 5.32 Å². The Morgan fingerprint density at radius 1 is 0.828 bits per heavy atom. The monoisotopic (exact) mass is 1210 g/mol. The number of benzene rings is 2. The highest BCUT2D eigenvalue weighted by Gasteiger charge is 2.54. The van der Waals surface area contributed by atoms with E-state index in [4.69, 9.17) is 28.4 Å². The maximum atomic E-state index is 16.1. The van der Waals surface area contributed by atoms with Gasteiger partial charge in [0, 0.05) is 113 Å². The van der Waals surface area contributed by atoms with E-state index >= 15 is 4.39 Å². The zero-order chi connectivity index (χ0) is 62.8. The van der Waals surface area contributed by atoms with Crippen molar-refractivity contribution in [2.45, 2.75) is 97.6 Å². The van der Waals surface area contributed by atoms with Crippen LogP contribution in [-0.2, 0) is 28.5 Å². The van der Waals surface area contributed by atoms with Crippen LogP contribution in [0.5, 0.6) is 17.2 Å². The van der Waals surface area contributed by atoms with E-state index in [-0.39, 0.29) is 128 Å². The molecule has 1 saturated carbocycles. The zero-order valence-corrected chi connectivity index (χ0v) is 49.9. The van der Waals surface area contributed by atoms with Gasteiger partial charge in [-0.3, -0.25) is 28.8 Å². The van der Waals surface area contributed by atoms with Gasteiger partial charge in [-0.05, 0) is 38.8 Å². The summed E-state index contributed by atoms with van der Waals surface area (Å²) in [6.45, 7) is 12.2. The number of aromatic carboxylic acids is 1. The van der Waals surface area contributed by atoms with Crippen molar-refractivity contribution >= 4 is 57.8 Å². The topological polar surface area (TPSA) is 303 Å². The molecule has 6 aliphatic heterocycles. The molecule has 11 rings (SSSR count). The first-order valence-electron chi connectivity index (χ1n) is 29.2. The first-order valence-corrected chi connectivity index (χ1v) is 29.2. The minimum Gasteiger partial charge on any atom is -0.507 e. The molecule has 8 aliphatic rings. The van der Waals surface area contributed by atoms with Gasteiger partial charge in [-0.2, -0.15) is 0 Å². The average Bonchev–Trinajstić information content (AvgIpc) is 1.70. The number of pyridine rings is 1. The normalized spacial score (nSPS) is 27.7. The van der Waals surface area contributed by atoms with Gasteiger partial charge < -0.3 is 78.3 Å². The molecule has 24 nitrogen and oxygen atoms in total. The summed E-state index contributed by atoms with van der Waals surface area (Å²) < 4.78 is 53.6. The number of nitrogens with one attached hydrogen (secondary N) is 1. The fourth-order valence-corrected chi connectivity index (χ4v) is 12.7. The number of carbonyl (C=O) groups is 7. The number of hydrogen-bond acceptors (Lipinski definition) is 19. The second-order valence-corrected chi connectivity index (χ2v) is 23.8. The van der Waals surface area contributed by atoms with Crippen LogP contribution >= 0.6 is 0 Å². The predicted molar refractivity (Wildman–Crippen MR) is 309 cm³/mol. The molecule has 0 spiro atoms. The highest BCUT2D eigenvalue weighted by Crippen LogP contribution is 2.50. The number of carbonyl (C=O) groups excluding carboxylic acids is 6. The number of ketones is 3. The zero-order valence-electron chi connectivity index (χ0n) is 49.9. The molecule has 87 heavy (non-hydrogen) atoms. The van der Waals surface area contributed by atoms with Crippen molar-refractivity contribution < 1.29 is 86.8 Å². The van der Waals surface area contributed by atoms with Crippen LogP contribution < -0.4 is 25.1 Å². The largest absolute Gasteiger partial charge is 0.507 e. The summed E-state index contributed by atoms with van der Waals surface area (Å²) in [5.74, 6) is -12.6. The molecule has 2 aliphatic carbocycles. The quantitative estimate of drug-likeness (QED) is 0.205. The second-order valence-electron chi connectivity index (χ2n) is 23.8. The van der Waals surface area contributed by atoms with E-state index in [1.54, 1.807) is 53.0 Å². The number of Topliss-reactive ketones (excluding diaryl/α,β-unsaturated/α-hetero) is 3. The number of nitrogens with zero attached hydrogens (tertiary/aromatic N) is 5. The number of aliphatic hydroxyl groups is 2. The SMILES string of the molecule is COc1c(N2CCN(C(=O)C3CN(C(=O)O[C@H]4[C@H](C)[C@H](O)[C@H](C)[C@@H](O)[C@@H](C)C=CC=C(C)C(=O)NC5=C(N6CCOCC6)C(=O)c6c(c(O)c(C)c7c6C(=O)[C@@](C)(OC=C[C@H](OC)[C@H]4C)O7)C5=O)C3)CC2)c(F)cc2c(=O)c(C(=O)O)cn(C3CC3)c12. The van der Waals surface area contributed by atoms with E-state index in [0.29, 0.717) is 0 Å². The molecular formula is C62H73FN6O18. The van der Waals surface area contributed by atoms with Gasteiger partial charge in [0.15, 0.2) is 11.6 Å². The number of amides is 3. The molecule has 3 saturated heterocycles.